The molecular weight excluding hydrogens is 216 g/mol. The molecule has 0 radical (unpaired) electrons. The number of carboxylic acid groups (broad SMARTS) is 1. The minimum absolute atomic E-state index is 0.0504. The van der Waals surface area contributed by atoms with E-state index in [1.54, 1.807) is 18.2 Å². The molecule has 4 heteroatoms. The zero-order chi connectivity index (χ0) is 11.3. The Morgan fingerprint density at radius 1 is 1.60 bits per heavy atom. The topological polar surface area (TPSA) is 46.5 Å². The Kier molecular flexibility index (Phi) is 4.02. The second kappa shape index (κ2) is 5.28. The van der Waals surface area contributed by atoms with Crippen LogP contribution in [0.3, 0.4) is 0 Å². The van der Waals surface area contributed by atoms with E-state index < -0.39 is 5.97 Å². The van der Waals surface area contributed by atoms with Gasteiger partial charge in [-0.1, -0.05) is 11.6 Å². The van der Waals surface area contributed by atoms with Crippen LogP contribution in [-0.4, -0.2) is 17.7 Å². The van der Waals surface area contributed by atoms with Crippen molar-refractivity contribution in [1.29, 1.82) is 0 Å². The summed E-state index contributed by atoms with van der Waals surface area (Å²) in [7, 11) is 0. The van der Waals surface area contributed by atoms with Crippen LogP contribution in [0.4, 0.5) is 0 Å². The number of aliphatic carboxylic acids is 1. The fourth-order valence-electron chi connectivity index (χ4n) is 1.00. The second-order valence-electron chi connectivity index (χ2n) is 2.81. The molecular formula is C11H9ClO3. The van der Waals surface area contributed by atoms with Gasteiger partial charge in [0.05, 0.1) is 0 Å². The van der Waals surface area contributed by atoms with Crippen molar-refractivity contribution in [3.8, 4) is 17.6 Å². The molecule has 0 fully saturated rings. The van der Waals surface area contributed by atoms with E-state index in [4.69, 9.17) is 21.4 Å². The first-order valence-electron chi connectivity index (χ1n) is 4.20. The largest absolute Gasteiger partial charge is 0.481 e. The molecule has 0 spiro atoms. The first-order valence-corrected chi connectivity index (χ1v) is 4.58. The van der Waals surface area contributed by atoms with Crippen molar-refractivity contribution >= 4 is 17.6 Å². The molecule has 1 aromatic rings. The Balaban J connectivity index is 2.59. The van der Waals surface area contributed by atoms with Crippen molar-refractivity contribution < 1.29 is 14.6 Å². The smallest absolute Gasteiger partial charge is 0.382 e. The number of hydrogen-bond acceptors (Lipinski definition) is 2. The van der Waals surface area contributed by atoms with E-state index in [0.29, 0.717) is 10.8 Å². The van der Waals surface area contributed by atoms with E-state index in [2.05, 4.69) is 5.92 Å². The molecule has 0 unspecified atom stereocenters. The number of ether oxygens (including phenoxy) is 1. The summed E-state index contributed by atoms with van der Waals surface area (Å²) in [6.07, 6.45) is 0. The molecule has 0 aliphatic rings. The summed E-state index contributed by atoms with van der Waals surface area (Å²) in [4.78, 5) is 10.1. The summed E-state index contributed by atoms with van der Waals surface area (Å²) in [5.41, 5.74) is 0.889. The molecule has 1 aromatic carbocycles. The second-order valence-corrected chi connectivity index (χ2v) is 3.24. The molecule has 0 amide bonds. The van der Waals surface area contributed by atoms with Gasteiger partial charge in [-0.15, -0.1) is 0 Å². The highest BCUT2D eigenvalue weighted by Crippen LogP contribution is 2.21. The third-order valence-corrected chi connectivity index (χ3v) is 1.87. The molecule has 78 valence electrons. The quantitative estimate of drug-likeness (QED) is 0.783. The lowest BCUT2D eigenvalue weighted by molar-refractivity contribution is -0.130. The Labute approximate surface area is 92.6 Å². The van der Waals surface area contributed by atoms with E-state index in [9.17, 15) is 4.79 Å². The number of halogens is 1. The van der Waals surface area contributed by atoms with Crippen LogP contribution in [0.25, 0.3) is 0 Å². The van der Waals surface area contributed by atoms with E-state index in [-0.39, 0.29) is 6.61 Å². The molecule has 0 bridgehead atoms. The minimum atomic E-state index is -1.16. The van der Waals surface area contributed by atoms with Crippen LogP contribution in [0.2, 0.25) is 5.02 Å². The summed E-state index contributed by atoms with van der Waals surface area (Å²) < 4.78 is 5.25. The number of carbonyl (C=O) groups is 1. The fraction of sp³-hybridized carbons (Fsp3) is 0.182. The zero-order valence-corrected chi connectivity index (χ0v) is 8.84. The lowest BCUT2D eigenvalue weighted by Gasteiger charge is -2.05. The summed E-state index contributed by atoms with van der Waals surface area (Å²) in [6, 6.07) is 5.19. The predicted molar refractivity (Wildman–Crippen MR) is 57.1 cm³/mol. The molecule has 0 saturated carbocycles. The molecule has 3 nitrogen and oxygen atoms in total. The van der Waals surface area contributed by atoms with Crippen molar-refractivity contribution in [2.75, 3.05) is 6.61 Å². The van der Waals surface area contributed by atoms with Crippen molar-refractivity contribution in [3.63, 3.8) is 0 Å². The molecule has 1 N–H and O–H groups in total. The molecule has 0 aliphatic carbocycles. The molecule has 0 aliphatic heterocycles. The lowest BCUT2D eigenvalue weighted by Crippen LogP contribution is -1.97. The van der Waals surface area contributed by atoms with Crippen LogP contribution in [0.1, 0.15) is 5.56 Å². The number of benzene rings is 1. The van der Waals surface area contributed by atoms with E-state index >= 15 is 0 Å². The Morgan fingerprint density at radius 3 is 2.93 bits per heavy atom. The van der Waals surface area contributed by atoms with Crippen LogP contribution in [-0.2, 0) is 4.79 Å². The summed E-state index contributed by atoms with van der Waals surface area (Å²) >= 11 is 5.76. The van der Waals surface area contributed by atoms with E-state index in [0.717, 1.165) is 5.56 Å². The van der Waals surface area contributed by atoms with Gasteiger partial charge in [0.25, 0.3) is 0 Å². The maximum absolute atomic E-state index is 10.1. The van der Waals surface area contributed by atoms with Crippen LogP contribution in [0, 0.1) is 18.8 Å². The minimum Gasteiger partial charge on any atom is -0.481 e. The number of carboxylic acids is 1. The zero-order valence-electron chi connectivity index (χ0n) is 8.08. The number of hydrogen-bond donors (Lipinski definition) is 1. The monoisotopic (exact) mass is 224 g/mol. The van der Waals surface area contributed by atoms with Gasteiger partial charge in [0.1, 0.15) is 12.4 Å². The SMILES string of the molecule is Cc1cc(Cl)ccc1OCC#CC(=O)O. The summed E-state index contributed by atoms with van der Waals surface area (Å²) in [5, 5.41) is 8.89. The maximum Gasteiger partial charge on any atom is 0.382 e. The van der Waals surface area contributed by atoms with Crippen LogP contribution >= 0.6 is 11.6 Å². The normalized spacial score (nSPS) is 8.93. The molecule has 0 aromatic heterocycles. The first-order chi connectivity index (χ1) is 7.09. The molecule has 0 heterocycles. The Morgan fingerprint density at radius 2 is 2.33 bits per heavy atom. The van der Waals surface area contributed by atoms with Crippen molar-refractivity contribution in [1.82, 2.24) is 0 Å². The average Bonchev–Trinajstić information content (AvgIpc) is 2.14. The van der Waals surface area contributed by atoms with Gasteiger partial charge < -0.3 is 9.84 Å². The number of rotatable bonds is 2. The van der Waals surface area contributed by atoms with Crippen LogP contribution in [0.5, 0.6) is 5.75 Å². The predicted octanol–water partition coefficient (Wildman–Crippen LogP) is 2.12. The van der Waals surface area contributed by atoms with Gasteiger partial charge in [-0.25, -0.2) is 4.79 Å². The van der Waals surface area contributed by atoms with Gasteiger partial charge in [-0.05, 0) is 36.6 Å². The highest BCUT2D eigenvalue weighted by Gasteiger charge is 1.98. The van der Waals surface area contributed by atoms with Crippen LogP contribution < -0.4 is 4.74 Å². The van der Waals surface area contributed by atoms with Gasteiger partial charge in [0, 0.05) is 10.9 Å². The lowest BCUT2D eigenvalue weighted by atomic mass is 10.2. The third kappa shape index (κ3) is 3.92. The van der Waals surface area contributed by atoms with E-state index in [1.165, 1.54) is 0 Å². The first kappa shape index (κ1) is 11.4. The van der Waals surface area contributed by atoms with Gasteiger partial charge in [0.15, 0.2) is 0 Å². The Bertz CT molecular complexity index is 429. The van der Waals surface area contributed by atoms with Crippen LogP contribution in [0.15, 0.2) is 18.2 Å². The maximum atomic E-state index is 10.1. The molecule has 0 saturated heterocycles. The summed E-state index contributed by atoms with van der Waals surface area (Å²) in [6.45, 7) is 1.90. The molecule has 0 atom stereocenters. The van der Waals surface area contributed by atoms with Gasteiger partial charge >= 0.3 is 5.97 Å². The highest BCUT2D eigenvalue weighted by atomic mass is 35.5. The molecule has 15 heavy (non-hydrogen) atoms. The average molecular weight is 225 g/mol. The van der Waals surface area contributed by atoms with E-state index in [1.807, 2.05) is 12.8 Å². The van der Waals surface area contributed by atoms with Crippen molar-refractivity contribution in [2.45, 2.75) is 6.92 Å². The fourth-order valence-corrected chi connectivity index (χ4v) is 1.23. The third-order valence-electron chi connectivity index (χ3n) is 1.63. The van der Waals surface area contributed by atoms with Gasteiger partial charge in [-0.3, -0.25) is 0 Å². The van der Waals surface area contributed by atoms with Crippen molar-refractivity contribution in [3.05, 3.63) is 28.8 Å². The van der Waals surface area contributed by atoms with Gasteiger partial charge in [0.2, 0.25) is 0 Å². The number of aryl methyl sites for hydroxylation is 1. The molecule has 1 rings (SSSR count). The van der Waals surface area contributed by atoms with Gasteiger partial charge in [-0.2, -0.15) is 0 Å². The van der Waals surface area contributed by atoms with Crippen molar-refractivity contribution in [2.24, 2.45) is 0 Å². The standard InChI is InChI=1S/C11H9ClO3/c1-8-7-9(12)4-5-10(8)15-6-2-3-11(13)14/h4-5,7H,6H2,1H3,(H,13,14). The Hall–Kier alpha value is -1.66. The highest BCUT2D eigenvalue weighted by molar-refractivity contribution is 6.30. The summed E-state index contributed by atoms with van der Waals surface area (Å²) in [5.74, 6) is 3.82.